The van der Waals surface area contributed by atoms with Crippen molar-refractivity contribution in [2.45, 2.75) is 32.4 Å². The van der Waals surface area contributed by atoms with Gasteiger partial charge < -0.3 is 0 Å². The van der Waals surface area contributed by atoms with Crippen LogP contribution in [0.15, 0.2) is 42.6 Å². The zero-order chi connectivity index (χ0) is 20.7. The van der Waals surface area contributed by atoms with E-state index in [9.17, 15) is 8.78 Å². The summed E-state index contributed by atoms with van der Waals surface area (Å²) in [6.45, 7) is 0.0489. The molecule has 0 amide bonds. The minimum Gasteiger partial charge on any atom is -0.285 e. The number of hydrogen-bond donors (Lipinski definition) is 0. The molecule has 3 unspecified atom stereocenters. The molecule has 0 N–H and O–H groups in total. The van der Waals surface area contributed by atoms with Gasteiger partial charge in [0.05, 0.1) is 17.9 Å². The Balaban J connectivity index is 1.77. The summed E-state index contributed by atoms with van der Waals surface area (Å²) in [5.74, 6) is -0.468. The standard InChI is InChI=1S/C19H16F2N6/c1-12(26-10-13-4-2-3-5-14(13)11-26)19-24-18(17(20)21)25-27(19)16-7-6-15(8-22)23-9-16/h2-7,9,12,17H,10-11H2,1H3/i10D,11D. The van der Waals surface area contributed by atoms with Crippen molar-refractivity contribution in [2.24, 2.45) is 0 Å². The molecule has 1 aliphatic heterocycles. The van der Waals surface area contributed by atoms with Crippen LogP contribution in [0.2, 0.25) is 0 Å². The number of alkyl halides is 2. The lowest BCUT2D eigenvalue weighted by Crippen LogP contribution is -2.24. The minimum absolute atomic E-state index is 0.175. The molecule has 27 heavy (non-hydrogen) atoms. The first kappa shape index (κ1) is 14.9. The van der Waals surface area contributed by atoms with Crippen LogP contribution >= 0.6 is 0 Å². The molecule has 0 bridgehead atoms. The Hall–Kier alpha value is -3.18. The van der Waals surface area contributed by atoms with Gasteiger partial charge >= 0.3 is 0 Å². The summed E-state index contributed by atoms with van der Waals surface area (Å²) in [5.41, 5.74) is 1.97. The lowest BCUT2D eigenvalue weighted by Gasteiger charge is -2.23. The van der Waals surface area contributed by atoms with Crippen molar-refractivity contribution in [2.75, 3.05) is 0 Å². The van der Waals surface area contributed by atoms with Gasteiger partial charge in [-0.05, 0) is 30.2 Å². The van der Waals surface area contributed by atoms with E-state index in [-0.39, 0.29) is 11.5 Å². The van der Waals surface area contributed by atoms with E-state index >= 15 is 0 Å². The van der Waals surface area contributed by atoms with Crippen LogP contribution in [0, 0.1) is 11.3 Å². The summed E-state index contributed by atoms with van der Waals surface area (Å²) in [4.78, 5) is 9.55. The molecule has 0 spiro atoms. The molecule has 0 saturated carbocycles. The fourth-order valence-corrected chi connectivity index (χ4v) is 2.93. The molecule has 1 aliphatic rings. The highest BCUT2D eigenvalue weighted by Gasteiger charge is 2.29. The summed E-state index contributed by atoms with van der Waals surface area (Å²) in [5, 5.41) is 12.8. The smallest absolute Gasteiger partial charge is 0.285 e. The average Bonchev–Trinajstić information content (AvgIpc) is 3.29. The number of halogens is 2. The van der Waals surface area contributed by atoms with Crippen molar-refractivity contribution in [3.05, 3.63) is 71.1 Å². The molecule has 0 radical (unpaired) electrons. The SMILES string of the molecule is [2H]C1c2ccccc2C([2H])N1C(C)c1nc(C(F)F)nn1-c1ccc(C#N)nc1. The molecule has 136 valence electrons. The number of hydrogen-bond acceptors (Lipinski definition) is 5. The fourth-order valence-electron chi connectivity index (χ4n) is 2.93. The first-order valence-electron chi connectivity index (χ1n) is 9.40. The first-order chi connectivity index (χ1) is 13.9. The van der Waals surface area contributed by atoms with E-state index < -0.39 is 31.3 Å². The monoisotopic (exact) mass is 368 g/mol. The molecular weight excluding hydrogens is 350 g/mol. The lowest BCUT2D eigenvalue weighted by atomic mass is 10.1. The molecule has 3 aromatic rings. The van der Waals surface area contributed by atoms with Crippen LogP contribution in [0.3, 0.4) is 0 Å². The highest BCUT2D eigenvalue weighted by molar-refractivity contribution is 5.34. The van der Waals surface area contributed by atoms with E-state index in [1.54, 1.807) is 42.2 Å². The summed E-state index contributed by atoms with van der Waals surface area (Å²) in [6, 6.07) is 11.4. The maximum atomic E-state index is 13.3. The van der Waals surface area contributed by atoms with Crippen LogP contribution in [-0.4, -0.2) is 24.6 Å². The Morgan fingerprint density at radius 2 is 1.89 bits per heavy atom. The average molecular weight is 368 g/mol. The van der Waals surface area contributed by atoms with E-state index in [0.29, 0.717) is 16.8 Å². The van der Waals surface area contributed by atoms with E-state index in [1.807, 2.05) is 6.07 Å². The molecule has 8 heteroatoms. The van der Waals surface area contributed by atoms with Crippen molar-refractivity contribution in [1.82, 2.24) is 24.6 Å². The zero-order valence-corrected chi connectivity index (χ0v) is 14.3. The van der Waals surface area contributed by atoms with Crippen LogP contribution in [0.5, 0.6) is 0 Å². The Labute approximate surface area is 157 Å². The van der Waals surface area contributed by atoms with Gasteiger partial charge in [0.25, 0.3) is 6.43 Å². The Kier molecular flexibility index (Phi) is 3.79. The van der Waals surface area contributed by atoms with E-state index in [4.69, 9.17) is 8.00 Å². The molecule has 1 aromatic carbocycles. The second-order valence-electron chi connectivity index (χ2n) is 6.06. The van der Waals surface area contributed by atoms with Crippen LogP contribution in [0.4, 0.5) is 8.78 Å². The largest absolute Gasteiger partial charge is 0.299 e. The van der Waals surface area contributed by atoms with Gasteiger partial charge in [-0.2, -0.15) is 5.26 Å². The molecule has 3 atom stereocenters. The number of nitrogens with zero attached hydrogens (tertiary/aromatic N) is 6. The number of aromatic nitrogens is 4. The minimum atomic E-state index is -2.87. The van der Waals surface area contributed by atoms with Gasteiger partial charge in [0, 0.05) is 15.8 Å². The van der Waals surface area contributed by atoms with Crippen LogP contribution in [-0.2, 0) is 13.0 Å². The van der Waals surface area contributed by atoms with Gasteiger partial charge in [-0.25, -0.2) is 23.4 Å². The van der Waals surface area contributed by atoms with E-state index in [0.717, 1.165) is 0 Å². The lowest BCUT2D eigenvalue weighted by molar-refractivity contribution is 0.140. The highest BCUT2D eigenvalue weighted by Crippen LogP contribution is 2.32. The van der Waals surface area contributed by atoms with Crippen molar-refractivity contribution in [1.29, 1.82) is 5.26 Å². The summed E-state index contributed by atoms with van der Waals surface area (Å²) in [7, 11) is 0. The van der Waals surface area contributed by atoms with Crippen molar-refractivity contribution in [3.8, 4) is 11.8 Å². The molecule has 0 fully saturated rings. The quantitative estimate of drug-likeness (QED) is 0.704. The van der Waals surface area contributed by atoms with E-state index in [1.165, 1.54) is 16.9 Å². The number of benzene rings is 1. The number of fused-ring (bicyclic) bond motifs is 1. The zero-order valence-electron chi connectivity index (χ0n) is 16.3. The second kappa shape index (κ2) is 6.85. The Morgan fingerprint density at radius 3 is 2.44 bits per heavy atom. The van der Waals surface area contributed by atoms with Gasteiger partial charge in [-0.15, -0.1) is 5.10 Å². The fraction of sp³-hybridized carbons (Fsp3) is 0.263. The van der Waals surface area contributed by atoms with Crippen molar-refractivity contribution < 1.29 is 11.5 Å². The summed E-state index contributed by atoms with van der Waals surface area (Å²) >= 11 is 0. The van der Waals surface area contributed by atoms with Gasteiger partial charge in [0.1, 0.15) is 17.6 Å². The second-order valence-corrected chi connectivity index (χ2v) is 6.06. The maximum absolute atomic E-state index is 13.3. The van der Waals surface area contributed by atoms with Crippen molar-refractivity contribution >= 4 is 0 Å². The normalized spacial score (nSPS) is 21.4. The molecular formula is C19H16F2N6. The van der Waals surface area contributed by atoms with Crippen LogP contribution < -0.4 is 0 Å². The third kappa shape index (κ3) is 3.17. The number of pyridine rings is 1. The van der Waals surface area contributed by atoms with Crippen LogP contribution in [0.1, 0.15) is 50.6 Å². The van der Waals surface area contributed by atoms with E-state index in [2.05, 4.69) is 15.1 Å². The summed E-state index contributed by atoms with van der Waals surface area (Å²) < 4.78 is 45.0. The molecule has 0 aliphatic carbocycles. The van der Waals surface area contributed by atoms with Crippen LogP contribution in [0.25, 0.3) is 5.69 Å². The maximum Gasteiger partial charge on any atom is 0.299 e. The highest BCUT2D eigenvalue weighted by atomic mass is 19.3. The molecule has 3 heterocycles. The first-order valence-corrected chi connectivity index (χ1v) is 8.24. The van der Waals surface area contributed by atoms with Gasteiger partial charge in [0.2, 0.25) is 5.82 Å². The predicted molar refractivity (Wildman–Crippen MR) is 92.9 cm³/mol. The number of rotatable bonds is 4. The van der Waals surface area contributed by atoms with Crippen molar-refractivity contribution in [3.63, 3.8) is 0 Å². The topological polar surface area (TPSA) is 70.6 Å². The molecule has 6 nitrogen and oxygen atoms in total. The third-order valence-corrected chi connectivity index (χ3v) is 4.34. The van der Waals surface area contributed by atoms with Gasteiger partial charge in [-0.3, -0.25) is 4.90 Å². The van der Waals surface area contributed by atoms with Gasteiger partial charge in [-0.1, -0.05) is 24.3 Å². The summed E-state index contributed by atoms with van der Waals surface area (Å²) in [6.07, 6.45) is -1.52. The third-order valence-electron chi connectivity index (χ3n) is 4.34. The Bertz CT molecular complexity index is 1050. The molecule has 4 rings (SSSR count). The number of nitriles is 1. The Morgan fingerprint density at radius 1 is 1.19 bits per heavy atom. The van der Waals surface area contributed by atoms with Gasteiger partial charge in [0.15, 0.2) is 0 Å². The molecule has 0 saturated heterocycles. The predicted octanol–water partition coefficient (Wildman–Crippen LogP) is 3.55. The molecule has 2 aromatic heterocycles.